The van der Waals surface area contributed by atoms with Crippen molar-refractivity contribution in [2.45, 2.75) is 32.0 Å². The van der Waals surface area contributed by atoms with E-state index in [2.05, 4.69) is 15.3 Å². The Morgan fingerprint density at radius 1 is 1.39 bits per heavy atom. The molecule has 1 unspecified atom stereocenters. The lowest BCUT2D eigenvalue weighted by molar-refractivity contribution is -0.144. The van der Waals surface area contributed by atoms with Crippen molar-refractivity contribution in [2.24, 2.45) is 0 Å². The summed E-state index contributed by atoms with van der Waals surface area (Å²) in [4.78, 5) is 8.97. The van der Waals surface area contributed by atoms with Crippen LogP contribution in [0.1, 0.15) is 25.6 Å². The van der Waals surface area contributed by atoms with Crippen LogP contribution in [0.3, 0.4) is 0 Å². The zero-order valence-electron chi connectivity index (χ0n) is 10.3. The molecule has 100 valence electrons. The summed E-state index contributed by atoms with van der Waals surface area (Å²) < 4.78 is 38.1. The fourth-order valence-electron chi connectivity index (χ4n) is 2.11. The van der Waals surface area contributed by atoms with Crippen molar-refractivity contribution in [1.29, 1.82) is 0 Å². The van der Waals surface area contributed by atoms with Crippen molar-refractivity contribution >= 4 is 11.6 Å². The molecule has 0 spiro atoms. The predicted octanol–water partition coefficient (Wildman–Crippen LogP) is 2.53. The molecule has 2 heterocycles. The molecule has 1 aromatic heterocycles. The first-order valence-electron chi connectivity index (χ1n) is 5.82. The highest BCUT2D eigenvalue weighted by atomic mass is 19.4. The zero-order valence-corrected chi connectivity index (χ0v) is 10.3. The van der Waals surface area contributed by atoms with E-state index in [0.717, 1.165) is 19.4 Å². The van der Waals surface area contributed by atoms with Gasteiger partial charge in [0.25, 0.3) is 0 Å². The van der Waals surface area contributed by atoms with Crippen molar-refractivity contribution < 1.29 is 13.2 Å². The van der Waals surface area contributed by atoms with Gasteiger partial charge in [0, 0.05) is 25.7 Å². The van der Waals surface area contributed by atoms with E-state index in [0.29, 0.717) is 5.82 Å². The molecule has 4 nitrogen and oxygen atoms in total. The highest BCUT2D eigenvalue weighted by Crippen LogP contribution is 2.31. The van der Waals surface area contributed by atoms with Crippen LogP contribution in [0.25, 0.3) is 0 Å². The molecule has 1 atom stereocenters. The minimum absolute atomic E-state index is 0.187. The van der Waals surface area contributed by atoms with E-state index < -0.39 is 12.0 Å². The van der Waals surface area contributed by atoms with Gasteiger partial charge in [0.05, 0.1) is 0 Å². The molecule has 1 N–H and O–H groups in total. The van der Waals surface area contributed by atoms with Gasteiger partial charge in [0.15, 0.2) is 0 Å². The van der Waals surface area contributed by atoms with E-state index in [1.54, 1.807) is 13.1 Å². The Balaban J connectivity index is 2.41. The Morgan fingerprint density at radius 3 is 2.61 bits per heavy atom. The summed E-state index contributed by atoms with van der Waals surface area (Å²) in [5, 5.41) is 2.64. The largest absolute Gasteiger partial charge is 0.451 e. The first-order valence-corrected chi connectivity index (χ1v) is 5.82. The van der Waals surface area contributed by atoms with Gasteiger partial charge in [-0.3, -0.25) is 0 Å². The maximum absolute atomic E-state index is 12.7. The van der Waals surface area contributed by atoms with Gasteiger partial charge in [-0.1, -0.05) is 0 Å². The molecule has 0 saturated carbocycles. The highest BCUT2D eigenvalue weighted by Gasteiger charge is 2.36. The Hall–Kier alpha value is -1.53. The zero-order chi connectivity index (χ0) is 13.3. The van der Waals surface area contributed by atoms with Gasteiger partial charge < -0.3 is 10.2 Å². The van der Waals surface area contributed by atoms with E-state index in [-0.39, 0.29) is 11.9 Å². The lowest BCUT2D eigenvalue weighted by atomic mass is 10.2. The second kappa shape index (κ2) is 4.62. The molecule has 0 aliphatic carbocycles. The van der Waals surface area contributed by atoms with Gasteiger partial charge in [0.1, 0.15) is 11.6 Å². The van der Waals surface area contributed by atoms with Crippen LogP contribution >= 0.6 is 0 Å². The number of nitrogens with one attached hydrogen (secondary N) is 1. The van der Waals surface area contributed by atoms with Crippen molar-refractivity contribution in [2.75, 3.05) is 23.8 Å². The van der Waals surface area contributed by atoms with Gasteiger partial charge in [-0.05, 0) is 19.8 Å². The third kappa shape index (κ3) is 2.49. The molecule has 1 aliphatic heterocycles. The fourth-order valence-corrected chi connectivity index (χ4v) is 2.11. The van der Waals surface area contributed by atoms with E-state index >= 15 is 0 Å². The first kappa shape index (κ1) is 12.9. The number of aromatic nitrogens is 2. The first-order chi connectivity index (χ1) is 8.41. The molecule has 1 fully saturated rings. The van der Waals surface area contributed by atoms with Crippen LogP contribution < -0.4 is 10.2 Å². The number of halogens is 3. The number of hydrogen-bond donors (Lipinski definition) is 1. The number of alkyl halides is 3. The van der Waals surface area contributed by atoms with E-state index in [4.69, 9.17) is 0 Å². The standard InChI is InChI=1S/C11H15F3N4/c1-7-4-3-5-18(7)9-6-8(15-2)16-10(17-9)11(12,13)14/h6-7H,3-5H2,1-2H3,(H,15,16,17). The molecule has 0 radical (unpaired) electrons. The van der Waals surface area contributed by atoms with Crippen LogP contribution in [0.15, 0.2) is 6.07 Å². The second-order valence-corrected chi connectivity index (χ2v) is 4.37. The molecule has 0 aromatic carbocycles. The fraction of sp³-hybridized carbons (Fsp3) is 0.636. The minimum Gasteiger partial charge on any atom is -0.373 e. The summed E-state index contributed by atoms with van der Waals surface area (Å²) in [6, 6.07) is 1.77. The number of anilines is 2. The summed E-state index contributed by atoms with van der Waals surface area (Å²) in [6.45, 7) is 2.72. The van der Waals surface area contributed by atoms with Crippen molar-refractivity contribution in [3.05, 3.63) is 11.9 Å². The Morgan fingerprint density at radius 2 is 2.11 bits per heavy atom. The molecule has 1 aliphatic rings. The monoisotopic (exact) mass is 260 g/mol. The van der Waals surface area contributed by atoms with Crippen LogP contribution in [0.5, 0.6) is 0 Å². The maximum atomic E-state index is 12.7. The number of hydrogen-bond acceptors (Lipinski definition) is 4. The summed E-state index contributed by atoms with van der Waals surface area (Å²) in [7, 11) is 1.54. The van der Waals surface area contributed by atoms with Crippen molar-refractivity contribution in [3.63, 3.8) is 0 Å². The molecule has 2 rings (SSSR count). The number of rotatable bonds is 2. The van der Waals surface area contributed by atoms with Crippen LogP contribution in [0.2, 0.25) is 0 Å². The maximum Gasteiger partial charge on any atom is 0.451 e. The van der Waals surface area contributed by atoms with E-state index in [1.807, 2.05) is 11.8 Å². The molecule has 0 bridgehead atoms. The van der Waals surface area contributed by atoms with Crippen molar-refractivity contribution in [1.82, 2.24) is 9.97 Å². The summed E-state index contributed by atoms with van der Waals surface area (Å²) in [5.41, 5.74) is 0. The summed E-state index contributed by atoms with van der Waals surface area (Å²) in [5.74, 6) is -0.568. The molecule has 7 heteroatoms. The lowest BCUT2D eigenvalue weighted by Crippen LogP contribution is -2.28. The van der Waals surface area contributed by atoms with Gasteiger partial charge in [-0.15, -0.1) is 0 Å². The number of nitrogens with zero attached hydrogens (tertiary/aromatic N) is 3. The Labute approximate surface area is 103 Å². The highest BCUT2D eigenvalue weighted by molar-refractivity contribution is 5.50. The molecule has 1 saturated heterocycles. The SMILES string of the molecule is CNc1cc(N2CCCC2C)nc(C(F)(F)F)n1. The Bertz CT molecular complexity index is 433. The molecular weight excluding hydrogens is 245 g/mol. The van der Waals surface area contributed by atoms with Gasteiger partial charge in [0.2, 0.25) is 5.82 Å². The molecular formula is C11H15F3N4. The topological polar surface area (TPSA) is 41.0 Å². The average Bonchev–Trinajstić information content (AvgIpc) is 2.73. The van der Waals surface area contributed by atoms with E-state index in [1.165, 1.54) is 0 Å². The van der Waals surface area contributed by atoms with Crippen LogP contribution in [0, 0.1) is 0 Å². The summed E-state index contributed by atoms with van der Waals surface area (Å²) >= 11 is 0. The molecule has 1 aromatic rings. The van der Waals surface area contributed by atoms with Crippen LogP contribution in [0.4, 0.5) is 24.8 Å². The summed E-state index contributed by atoms with van der Waals surface area (Å²) in [6.07, 6.45) is -2.58. The van der Waals surface area contributed by atoms with Crippen LogP contribution in [-0.4, -0.2) is 29.6 Å². The van der Waals surface area contributed by atoms with Crippen molar-refractivity contribution in [3.8, 4) is 0 Å². The third-order valence-electron chi connectivity index (χ3n) is 3.07. The second-order valence-electron chi connectivity index (χ2n) is 4.37. The van der Waals surface area contributed by atoms with Gasteiger partial charge in [-0.2, -0.15) is 13.2 Å². The third-order valence-corrected chi connectivity index (χ3v) is 3.07. The minimum atomic E-state index is -4.52. The smallest absolute Gasteiger partial charge is 0.373 e. The predicted molar refractivity (Wildman–Crippen MR) is 62.6 cm³/mol. The average molecular weight is 260 g/mol. The van der Waals surface area contributed by atoms with Gasteiger partial charge >= 0.3 is 6.18 Å². The Kier molecular flexibility index (Phi) is 3.32. The quantitative estimate of drug-likeness (QED) is 0.887. The normalized spacial score (nSPS) is 20.3. The molecule has 0 amide bonds. The van der Waals surface area contributed by atoms with E-state index in [9.17, 15) is 13.2 Å². The molecule has 18 heavy (non-hydrogen) atoms. The van der Waals surface area contributed by atoms with Gasteiger partial charge in [-0.25, -0.2) is 9.97 Å². The van der Waals surface area contributed by atoms with Crippen LogP contribution in [-0.2, 0) is 6.18 Å². The lowest BCUT2D eigenvalue weighted by Gasteiger charge is -2.23.